The molecule has 3 heteroatoms. The summed E-state index contributed by atoms with van der Waals surface area (Å²) in [5, 5.41) is 10.0. The van der Waals surface area contributed by atoms with Crippen molar-refractivity contribution in [3.63, 3.8) is 0 Å². The largest absolute Gasteiger partial charge is 0.466 e. The Bertz CT molecular complexity index is 449. The molecule has 0 saturated carbocycles. The van der Waals surface area contributed by atoms with Crippen LogP contribution < -0.4 is 0 Å². The topological polar surface area (TPSA) is 46.3 Å². The van der Waals surface area contributed by atoms with Crippen LogP contribution in [0.1, 0.15) is 28.8 Å². The SMILES string of the molecule is Cc1ccc(C(O)c2ccco2)c(C)n1. The minimum atomic E-state index is -0.729. The van der Waals surface area contributed by atoms with Gasteiger partial charge in [0.05, 0.1) is 6.26 Å². The molecule has 2 aromatic rings. The highest BCUT2D eigenvalue weighted by Crippen LogP contribution is 2.24. The van der Waals surface area contributed by atoms with Gasteiger partial charge in [-0.3, -0.25) is 4.98 Å². The van der Waals surface area contributed by atoms with E-state index in [2.05, 4.69) is 4.98 Å². The molecular formula is C12H13NO2. The molecule has 0 aliphatic rings. The fraction of sp³-hybridized carbons (Fsp3) is 0.250. The van der Waals surface area contributed by atoms with E-state index in [9.17, 15) is 5.11 Å². The summed E-state index contributed by atoms with van der Waals surface area (Å²) < 4.78 is 5.16. The number of aromatic nitrogens is 1. The summed E-state index contributed by atoms with van der Waals surface area (Å²) in [6.45, 7) is 3.81. The molecule has 0 aliphatic heterocycles. The van der Waals surface area contributed by atoms with Crippen molar-refractivity contribution >= 4 is 0 Å². The number of pyridine rings is 1. The highest BCUT2D eigenvalue weighted by molar-refractivity contribution is 5.28. The molecule has 0 aromatic carbocycles. The third-order valence-corrected chi connectivity index (χ3v) is 2.37. The summed E-state index contributed by atoms with van der Waals surface area (Å²) >= 11 is 0. The molecule has 1 unspecified atom stereocenters. The maximum Gasteiger partial charge on any atom is 0.138 e. The molecular weight excluding hydrogens is 190 g/mol. The summed E-state index contributed by atoms with van der Waals surface area (Å²) in [6, 6.07) is 7.28. The van der Waals surface area contributed by atoms with Crippen molar-refractivity contribution in [1.29, 1.82) is 0 Å². The Balaban J connectivity index is 2.38. The molecule has 0 fully saturated rings. The average molecular weight is 203 g/mol. The molecule has 2 rings (SSSR count). The minimum absolute atomic E-state index is 0.545. The Hall–Kier alpha value is -1.61. The van der Waals surface area contributed by atoms with E-state index in [0.717, 1.165) is 17.0 Å². The van der Waals surface area contributed by atoms with Crippen molar-refractivity contribution in [2.45, 2.75) is 20.0 Å². The van der Waals surface area contributed by atoms with Gasteiger partial charge in [-0.05, 0) is 32.0 Å². The molecule has 3 nitrogen and oxygen atoms in total. The lowest BCUT2D eigenvalue weighted by molar-refractivity contribution is 0.188. The van der Waals surface area contributed by atoms with Gasteiger partial charge in [-0.25, -0.2) is 0 Å². The zero-order valence-electron chi connectivity index (χ0n) is 8.77. The Labute approximate surface area is 88.4 Å². The van der Waals surface area contributed by atoms with Crippen LogP contribution >= 0.6 is 0 Å². The average Bonchev–Trinajstić information content (AvgIpc) is 2.69. The molecule has 2 aromatic heterocycles. The molecule has 0 amide bonds. The van der Waals surface area contributed by atoms with Crippen LogP contribution in [0.4, 0.5) is 0 Å². The normalized spacial score (nSPS) is 12.7. The Morgan fingerprint density at radius 2 is 2.07 bits per heavy atom. The van der Waals surface area contributed by atoms with Gasteiger partial charge in [0.2, 0.25) is 0 Å². The predicted molar refractivity (Wildman–Crippen MR) is 56.5 cm³/mol. The highest BCUT2D eigenvalue weighted by Gasteiger charge is 2.15. The number of rotatable bonds is 2. The van der Waals surface area contributed by atoms with Crippen molar-refractivity contribution < 1.29 is 9.52 Å². The van der Waals surface area contributed by atoms with E-state index in [1.807, 2.05) is 26.0 Å². The zero-order chi connectivity index (χ0) is 10.8. The van der Waals surface area contributed by atoms with Crippen LogP contribution in [0.3, 0.4) is 0 Å². The molecule has 15 heavy (non-hydrogen) atoms. The van der Waals surface area contributed by atoms with Gasteiger partial charge in [0.15, 0.2) is 0 Å². The van der Waals surface area contributed by atoms with E-state index in [-0.39, 0.29) is 0 Å². The number of nitrogens with zero attached hydrogens (tertiary/aromatic N) is 1. The lowest BCUT2D eigenvalue weighted by Crippen LogP contribution is -2.02. The first-order valence-electron chi connectivity index (χ1n) is 4.84. The van der Waals surface area contributed by atoms with Crippen LogP contribution in [-0.2, 0) is 0 Å². The fourth-order valence-corrected chi connectivity index (χ4v) is 1.59. The van der Waals surface area contributed by atoms with Crippen molar-refractivity contribution in [2.24, 2.45) is 0 Å². The van der Waals surface area contributed by atoms with Crippen LogP contribution in [0.2, 0.25) is 0 Å². The van der Waals surface area contributed by atoms with E-state index in [0.29, 0.717) is 5.76 Å². The van der Waals surface area contributed by atoms with Crippen LogP contribution in [0.25, 0.3) is 0 Å². The zero-order valence-corrected chi connectivity index (χ0v) is 8.77. The maximum absolute atomic E-state index is 10.0. The number of aryl methyl sites for hydroxylation is 2. The molecule has 78 valence electrons. The third-order valence-electron chi connectivity index (χ3n) is 2.37. The van der Waals surface area contributed by atoms with Crippen LogP contribution in [-0.4, -0.2) is 10.1 Å². The lowest BCUT2D eigenvalue weighted by Gasteiger charge is -2.10. The molecule has 0 saturated heterocycles. The van der Waals surface area contributed by atoms with Gasteiger partial charge in [0.25, 0.3) is 0 Å². The van der Waals surface area contributed by atoms with Crippen molar-refractivity contribution in [2.75, 3.05) is 0 Å². The molecule has 1 atom stereocenters. The van der Waals surface area contributed by atoms with E-state index in [1.165, 1.54) is 0 Å². The second-order valence-electron chi connectivity index (χ2n) is 3.55. The van der Waals surface area contributed by atoms with E-state index >= 15 is 0 Å². The second kappa shape index (κ2) is 3.87. The van der Waals surface area contributed by atoms with Crippen molar-refractivity contribution in [3.8, 4) is 0 Å². The van der Waals surface area contributed by atoms with Crippen LogP contribution in [0.15, 0.2) is 34.9 Å². The molecule has 0 spiro atoms. The van der Waals surface area contributed by atoms with Crippen molar-refractivity contribution in [3.05, 3.63) is 53.2 Å². The summed E-state index contributed by atoms with van der Waals surface area (Å²) in [4.78, 5) is 4.30. The number of hydrogen-bond donors (Lipinski definition) is 1. The Morgan fingerprint density at radius 3 is 2.67 bits per heavy atom. The Kier molecular flexibility index (Phi) is 2.56. The fourth-order valence-electron chi connectivity index (χ4n) is 1.59. The van der Waals surface area contributed by atoms with Gasteiger partial charge in [0.1, 0.15) is 11.9 Å². The van der Waals surface area contributed by atoms with E-state index in [4.69, 9.17) is 4.42 Å². The number of hydrogen-bond acceptors (Lipinski definition) is 3. The Morgan fingerprint density at radius 1 is 1.27 bits per heavy atom. The van der Waals surface area contributed by atoms with Gasteiger partial charge < -0.3 is 9.52 Å². The molecule has 0 aliphatic carbocycles. The van der Waals surface area contributed by atoms with Crippen LogP contribution in [0.5, 0.6) is 0 Å². The smallest absolute Gasteiger partial charge is 0.138 e. The first-order valence-corrected chi connectivity index (χ1v) is 4.84. The highest BCUT2D eigenvalue weighted by atomic mass is 16.4. The maximum atomic E-state index is 10.0. The van der Waals surface area contributed by atoms with Crippen molar-refractivity contribution in [1.82, 2.24) is 4.98 Å². The number of aliphatic hydroxyl groups is 1. The lowest BCUT2D eigenvalue weighted by atomic mass is 10.1. The van der Waals surface area contributed by atoms with Gasteiger partial charge in [-0.15, -0.1) is 0 Å². The van der Waals surface area contributed by atoms with Gasteiger partial charge >= 0.3 is 0 Å². The number of aliphatic hydroxyl groups excluding tert-OH is 1. The molecule has 0 bridgehead atoms. The first kappa shape index (κ1) is 9.93. The minimum Gasteiger partial charge on any atom is -0.466 e. The van der Waals surface area contributed by atoms with Crippen LogP contribution in [0, 0.1) is 13.8 Å². The summed E-state index contributed by atoms with van der Waals surface area (Å²) in [5.74, 6) is 0.545. The second-order valence-corrected chi connectivity index (χ2v) is 3.55. The van der Waals surface area contributed by atoms with Gasteiger partial charge in [-0.2, -0.15) is 0 Å². The predicted octanol–water partition coefficient (Wildman–Crippen LogP) is 2.37. The standard InChI is InChI=1S/C12H13NO2/c1-8-5-6-10(9(2)13-8)12(14)11-4-3-7-15-11/h3-7,12,14H,1-2H3. The summed E-state index contributed by atoms with van der Waals surface area (Å²) in [7, 11) is 0. The van der Waals surface area contributed by atoms with Gasteiger partial charge in [-0.1, -0.05) is 6.07 Å². The molecule has 0 radical (unpaired) electrons. The number of furan rings is 1. The van der Waals surface area contributed by atoms with E-state index in [1.54, 1.807) is 18.4 Å². The molecule has 2 heterocycles. The summed E-state index contributed by atoms with van der Waals surface area (Å²) in [5.41, 5.74) is 2.57. The first-order chi connectivity index (χ1) is 7.18. The monoisotopic (exact) mass is 203 g/mol. The quantitative estimate of drug-likeness (QED) is 0.815. The molecule has 1 N–H and O–H groups in total. The van der Waals surface area contributed by atoms with Gasteiger partial charge in [0, 0.05) is 17.0 Å². The third kappa shape index (κ3) is 1.92. The summed E-state index contributed by atoms with van der Waals surface area (Å²) in [6.07, 6.45) is 0.822. The van der Waals surface area contributed by atoms with E-state index < -0.39 is 6.10 Å².